The Kier molecular flexibility index (Phi) is 3.24. The summed E-state index contributed by atoms with van der Waals surface area (Å²) in [5.74, 6) is 0. The third-order valence-corrected chi connectivity index (χ3v) is 4.10. The molecule has 2 aromatic heterocycles. The van der Waals surface area contributed by atoms with Crippen LogP contribution in [0.3, 0.4) is 0 Å². The van der Waals surface area contributed by atoms with Crippen molar-refractivity contribution in [2.24, 2.45) is 0 Å². The summed E-state index contributed by atoms with van der Waals surface area (Å²) in [6.07, 6.45) is 2.70. The molecule has 0 saturated carbocycles. The van der Waals surface area contributed by atoms with Crippen LogP contribution < -0.4 is 0 Å². The van der Waals surface area contributed by atoms with Crippen LogP contribution in [0.2, 0.25) is 0 Å². The number of carbonyl (C=O) groups excluding carboxylic acids is 1. The lowest BCUT2D eigenvalue weighted by atomic mass is 10.0. The van der Waals surface area contributed by atoms with Gasteiger partial charge in [-0.05, 0) is 31.5 Å². The number of hydrogen-bond acceptors (Lipinski definition) is 3. The first-order valence-corrected chi connectivity index (χ1v) is 7.23. The molecule has 0 aliphatic carbocycles. The SMILES string of the molecule is Cc1ccc(-c2csc(-n3cccc3C=O)n2)c(C)c1. The Bertz CT molecular complexity index is 770. The number of thiazole rings is 1. The summed E-state index contributed by atoms with van der Waals surface area (Å²) in [5.41, 5.74) is 5.16. The Morgan fingerprint density at radius 1 is 1.25 bits per heavy atom. The van der Waals surface area contributed by atoms with Crippen molar-refractivity contribution >= 4 is 17.6 Å². The highest BCUT2D eigenvalue weighted by Gasteiger charge is 2.10. The minimum Gasteiger partial charge on any atom is -0.296 e. The van der Waals surface area contributed by atoms with Gasteiger partial charge in [-0.3, -0.25) is 9.36 Å². The van der Waals surface area contributed by atoms with E-state index >= 15 is 0 Å². The molecule has 0 bridgehead atoms. The Labute approximate surface area is 121 Å². The maximum absolute atomic E-state index is 11.0. The van der Waals surface area contributed by atoms with Crippen LogP contribution in [0.25, 0.3) is 16.4 Å². The quantitative estimate of drug-likeness (QED) is 0.680. The zero-order valence-corrected chi connectivity index (χ0v) is 12.1. The van der Waals surface area contributed by atoms with Gasteiger partial charge in [0.15, 0.2) is 11.4 Å². The molecule has 100 valence electrons. The normalized spacial score (nSPS) is 10.7. The Balaban J connectivity index is 2.04. The molecule has 0 amide bonds. The number of benzene rings is 1. The highest BCUT2D eigenvalue weighted by molar-refractivity contribution is 7.12. The summed E-state index contributed by atoms with van der Waals surface area (Å²) in [4.78, 5) is 15.6. The van der Waals surface area contributed by atoms with E-state index in [0.717, 1.165) is 22.7 Å². The molecule has 1 aromatic carbocycles. The fourth-order valence-corrected chi connectivity index (χ4v) is 3.09. The van der Waals surface area contributed by atoms with E-state index in [-0.39, 0.29) is 0 Å². The van der Waals surface area contributed by atoms with Crippen molar-refractivity contribution in [3.8, 4) is 16.4 Å². The number of rotatable bonds is 3. The lowest BCUT2D eigenvalue weighted by Crippen LogP contribution is -1.96. The predicted octanol–water partition coefficient (Wildman–Crippen LogP) is 4.03. The van der Waals surface area contributed by atoms with Crippen LogP contribution in [0, 0.1) is 13.8 Å². The first-order chi connectivity index (χ1) is 9.69. The molecule has 3 rings (SSSR count). The van der Waals surface area contributed by atoms with Gasteiger partial charge in [-0.25, -0.2) is 4.98 Å². The van der Waals surface area contributed by atoms with Crippen LogP contribution in [0.1, 0.15) is 21.6 Å². The molecular formula is C16H14N2OS. The number of aldehydes is 1. The zero-order chi connectivity index (χ0) is 14.1. The Morgan fingerprint density at radius 2 is 2.10 bits per heavy atom. The van der Waals surface area contributed by atoms with Crippen molar-refractivity contribution < 1.29 is 4.79 Å². The molecule has 4 heteroatoms. The van der Waals surface area contributed by atoms with Crippen molar-refractivity contribution in [2.75, 3.05) is 0 Å². The molecule has 0 fully saturated rings. The number of aryl methyl sites for hydroxylation is 2. The highest BCUT2D eigenvalue weighted by atomic mass is 32.1. The van der Waals surface area contributed by atoms with Crippen LogP contribution >= 0.6 is 11.3 Å². The summed E-state index contributed by atoms with van der Waals surface area (Å²) >= 11 is 1.54. The van der Waals surface area contributed by atoms with Gasteiger partial charge in [0.25, 0.3) is 0 Å². The van der Waals surface area contributed by atoms with E-state index in [2.05, 4.69) is 37.0 Å². The van der Waals surface area contributed by atoms with Crippen molar-refractivity contribution in [3.05, 3.63) is 58.7 Å². The largest absolute Gasteiger partial charge is 0.296 e. The van der Waals surface area contributed by atoms with Crippen LogP contribution in [0.4, 0.5) is 0 Å². The molecular weight excluding hydrogens is 268 g/mol. The van der Waals surface area contributed by atoms with Crippen molar-refractivity contribution in [3.63, 3.8) is 0 Å². The molecule has 3 aromatic rings. The second kappa shape index (κ2) is 5.06. The van der Waals surface area contributed by atoms with Gasteiger partial charge in [-0.2, -0.15) is 0 Å². The third kappa shape index (κ3) is 2.18. The van der Waals surface area contributed by atoms with E-state index in [1.165, 1.54) is 22.5 Å². The minimum absolute atomic E-state index is 0.617. The zero-order valence-electron chi connectivity index (χ0n) is 11.3. The van der Waals surface area contributed by atoms with Crippen LogP contribution in [-0.2, 0) is 0 Å². The number of carbonyl (C=O) groups is 1. The monoisotopic (exact) mass is 282 g/mol. The van der Waals surface area contributed by atoms with Gasteiger partial charge in [-0.1, -0.05) is 23.8 Å². The maximum Gasteiger partial charge on any atom is 0.194 e. The molecule has 3 nitrogen and oxygen atoms in total. The lowest BCUT2D eigenvalue weighted by Gasteiger charge is -2.04. The first-order valence-electron chi connectivity index (χ1n) is 6.35. The maximum atomic E-state index is 11.0. The molecule has 0 N–H and O–H groups in total. The molecule has 0 saturated heterocycles. The lowest BCUT2D eigenvalue weighted by molar-refractivity contribution is 0.111. The number of aromatic nitrogens is 2. The molecule has 0 radical (unpaired) electrons. The van der Waals surface area contributed by atoms with Gasteiger partial charge in [0, 0.05) is 17.1 Å². The van der Waals surface area contributed by atoms with Crippen LogP contribution in [0.5, 0.6) is 0 Å². The van der Waals surface area contributed by atoms with Crippen molar-refractivity contribution in [2.45, 2.75) is 13.8 Å². The van der Waals surface area contributed by atoms with Gasteiger partial charge < -0.3 is 0 Å². The van der Waals surface area contributed by atoms with Gasteiger partial charge in [-0.15, -0.1) is 11.3 Å². The molecule has 0 atom stereocenters. The van der Waals surface area contributed by atoms with Gasteiger partial charge in [0.1, 0.15) is 0 Å². The summed E-state index contributed by atoms with van der Waals surface area (Å²) < 4.78 is 1.81. The van der Waals surface area contributed by atoms with E-state index in [4.69, 9.17) is 0 Å². The van der Waals surface area contributed by atoms with Gasteiger partial charge >= 0.3 is 0 Å². The number of hydrogen-bond donors (Lipinski definition) is 0. The standard InChI is InChI=1S/C16H14N2OS/c1-11-5-6-14(12(2)8-11)15-10-20-16(17-15)18-7-3-4-13(18)9-19/h3-10H,1-2H3. The Hall–Kier alpha value is -2.20. The fourth-order valence-electron chi connectivity index (χ4n) is 2.26. The molecule has 0 aliphatic heterocycles. The van der Waals surface area contributed by atoms with Crippen molar-refractivity contribution in [1.82, 2.24) is 9.55 Å². The molecule has 20 heavy (non-hydrogen) atoms. The van der Waals surface area contributed by atoms with Gasteiger partial charge in [0.05, 0.1) is 11.4 Å². The first kappa shape index (κ1) is 12.8. The summed E-state index contributed by atoms with van der Waals surface area (Å²) in [6, 6.07) is 9.97. The van der Waals surface area contributed by atoms with Crippen molar-refractivity contribution in [1.29, 1.82) is 0 Å². The highest BCUT2D eigenvalue weighted by Crippen LogP contribution is 2.27. The summed E-state index contributed by atoms with van der Waals surface area (Å²) in [6.45, 7) is 4.17. The second-order valence-corrected chi connectivity index (χ2v) is 5.59. The van der Waals surface area contributed by atoms with E-state index < -0.39 is 0 Å². The summed E-state index contributed by atoms with van der Waals surface area (Å²) in [5, 5.41) is 2.84. The Morgan fingerprint density at radius 3 is 2.85 bits per heavy atom. The van der Waals surface area contributed by atoms with E-state index in [0.29, 0.717) is 5.69 Å². The topological polar surface area (TPSA) is 34.9 Å². The van der Waals surface area contributed by atoms with E-state index in [1.807, 2.05) is 22.2 Å². The third-order valence-electron chi connectivity index (χ3n) is 3.26. The molecule has 0 aliphatic rings. The summed E-state index contributed by atoms with van der Waals surface area (Å²) in [7, 11) is 0. The molecule has 2 heterocycles. The number of nitrogens with zero attached hydrogens (tertiary/aromatic N) is 2. The fraction of sp³-hybridized carbons (Fsp3) is 0.125. The second-order valence-electron chi connectivity index (χ2n) is 4.75. The van der Waals surface area contributed by atoms with Crippen LogP contribution in [-0.4, -0.2) is 15.8 Å². The molecule has 0 unspecified atom stereocenters. The smallest absolute Gasteiger partial charge is 0.194 e. The minimum atomic E-state index is 0.617. The average molecular weight is 282 g/mol. The van der Waals surface area contributed by atoms with Crippen LogP contribution in [0.15, 0.2) is 41.9 Å². The average Bonchev–Trinajstić information content (AvgIpc) is 3.06. The predicted molar refractivity (Wildman–Crippen MR) is 81.7 cm³/mol. The van der Waals surface area contributed by atoms with Gasteiger partial charge in [0.2, 0.25) is 0 Å². The molecule has 0 spiro atoms. The van der Waals surface area contributed by atoms with E-state index in [1.54, 1.807) is 6.07 Å². The van der Waals surface area contributed by atoms with E-state index in [9.17, 15) is 4.79 Å².